The van der Waals surface area contributed by atoms with Crippen molar-refractivity contribution in [1.29, 1.82) is 0 Å². The fourth-order valence-corrected chi connectivity index (χ4v) is 3.21. The third-order valence-electron chi connectivity index (χ3n) is 4.29. The van der Waals surface area contributed by atoms with Crippen LogP contribution < -0.4 is 0 Å². The fourth-order valence-electron chi connectivity index (χ4n) is 3.21. The molecule has 23 heavy (non-hydrogen) atoms. The summed E-state index contributed by atoms with van der Waals surface area (Å²) < 4.78 is 15.3. The molecule has 0 bridgehead atoms. The maximum atomic E-state index is 15.3. The number of hydrogen-bond donors (Lipinski definition) is 0. The Morgan fingerprint density at radius 2 is 1.35 bits per heavy atom. The number of aromatic nitrogens is 1. The van der Waals surface area contributed by atoms with Crippen molar-refractivity contribution in [1.82, 2.24) is 4.98 Å². The van der Waals surface area contributed by atoms with Gasteiger partial charge in [-0.3, -0.25) is 4.98 Å². The molecular formula is C21H16FN. The topological polar surface area (TPSA) is 12.9 Å². The van der Waals surface area contributed by atoms with Gasteiger partial charge in [0.2, 0.25) is 0 Å². The molecule has 1 aromatic heterocycles. The second-order valence-corrected chi connectivity index (χ2v) is 5.76. The summed E-state index contributed by atoms with van der Waals surface area (Å²) in [5, 5.41) is 4.15. The Balaban J connectivity index is 1.92. The average molecular weight is 301 g/mol. The van der Waals surface area contributed by atoms with Crippen molar-refractivity contribution < 1.29 is 4.39 Å². The largest absolute Gasteiger partial charge is 0.265 e. The van der Waals surface area contributed by atoms with Crippen LogP contribution in [0.3, 0.4) is 0 Å². The summed E-state index contributed by atoms with van der Waals surface area (Å²) in [4.78, 5) is 4.00. The molecule has 1 atom stereocenters. The van der Waals surface area contributed by atoms with Gasteiger partial charge in [0, 0.05) is 24.4 Å². The molecule has 0 aliphatic heterocycles. The molecule has 1 nitrogen and oxygen atoms in total. The molecule has 0 aliphatic rings. The Morgan fingerprint density at radius 3 is 1.96 bits per heavy atom. The summed E-state index contributed by atoms with van der Waals surface area (Å²) in [6, 6.07) is 21.9. The predicted octanol–water partition coefficient (Wildman–Crippen LogP) is 5.64. The summed E-state index contributed by atoms with van der Waals surface area (Å²) in [7, 11) is 0. The van der Waals surface area contributed by atoms with E-state index in [2.05, 4.69) is 11.1 Å². The molecule has 0 unspecified atom stereocenters. The number of alkyl halides is 1. The van der Waals surface area contributed by atoms with Crippen LogP contribution >= 0.6 is 0 Å². The van der Waals surface area contributed by atoms with E-state index in [1.165, 1.54) is 0 Å². The lowest BCUT2D eigenvalue weighted by Gasteiger charge is -2.15. The Kier molecular flexibility index (Phi) is 3.51. The maximum absolute atomic E-state index is 15.3. The van der Waals surface area contributed by atoms with Gasteiger partial charge in [0.1, 0.15) is 6.17 Å². The fraction of sp³-hybridized carbons (Fsp3) is 0.0952. The van der Waals surface area contributed by atoms with Crippen molar-refractivity contribution in [3.63, 3.8) is 0 Å². The van der Waals surface area contributed by atoms with Crippen LogP contribution in [0.1, 0.15) is 17.3 Å². The molecule has 1 heterocycles. The van der Waals surface area contributed by atoms with Crippen molar-refractivity contribution >= 4 is 21.5 Å². The number of fused-ring (bicyclic) bond motifs is 2. The Bertz CT molecular complexity index is 909. The van der Waals surface area contributed by atoms with Gasteiger partial charge in [-0.05, 0) is 45.3 Å². The number of benzene rings is 3. The van der Waals surface area contributed by atoms with Gasteiger partial charge in [0.15, 0.2) is 0 Å². The van der Waals surface area contributed by atoms with Gasteiger partial charge in [-0.25, -0.2) is 4.39 Å². The predicted molar refractivity (Wildman–Crippen MR) is 93.2 cm³/mol. The highest BCUT2D eigenvalue weighted by atomic mass is 19.1. The van der Waals surface area contributed by atoms with Gasteiger partial charge in [0.05, 0.1) is 0 Å². The molecule has 0 amide bonds. The molecule has 0 aliphatic carbocycles. The standard InChI is InChI=1S/C21H16FN/c22-20(13-15-9-11-23-12-10-15)21-18-7-3-1-5-16(18)14-17-6-2-4-8-19(17)21/h1-12,14,20H,13H2/t20-/m1/s1. The molecule has 4 rings (SSSR count). The zero-order valence-corrected chi connectivity index (χ0v) is 12.6. The van der Waals surface area contributed by atoms with Gasteiger partial charge in [-0.1, -0.05) is 48.5 Å². The van der Waals surface area contributed by atoms with E-state index in [-0.39, 0.29) is 0 Å². The first kappa shape index (κ1) is 13.9. The van der Waals surface area contributed by atoms with Crippen molar-refractivity contribution in [2.24, 2.45) is 0 Å². The zero-order chi connectivity index (χ0) is 15.6. The molecule has 0 saturated heterocycles. The van der Waals surface area contributed by atoms with E-state index in [4.69, 9.17) is 0 Å². The minimum atomic E-state index is -1.05. The van der Waals surface area contributed by atoms with Crippen molar-refractivity contribution in [3.8, 4) is 0 Å². The maximum Gasteiger partial charge on any atom is 0.130 e. The van der Waals surface area contributed by atoms with E-state index in [1.54, 1.807) is 12.4 Å². The molecule has 112 valence electrons. The smallest absolute Gasteiger partial charge is 0.130 e. The van der Waals surface area contributed by atoms with Crippen LogP contribution in [-0.4, -0.2) is 4.98 Å². The minimum Gasteiger partial charge on any atom is -0.265 e. The number of rotatable bonds is 3. The molecule has 0 fully saturated rings. The number of hydrogen-bond acceptors (Lipinski definition) is 1. The van der Waals surface area contributed by atoms with Crippen LogP contribution in [-0.2, 0) is 6.42 Å². The van der Waals surface area contributed by atoms with E-state index < -0.39 is 6.17 Å². The minimum absolute atomic E-state index is 0.362. The third-order valence-corrected chi connectivity index (χ3v) is 4.29. The first-order chi connectivity index (χ1) is 11.3. The quantitative estimate of drug-likeness (QED) is 0.446. The molecule has 0 saturated carbocycles. The summed E-state index contributed by atoms with van der Waals surface area (Å²) >= 11 is 0. The van der Waals surface area contributed by atoms with E-state index >= 15 is 4.39 Å². The van der Waals surface area contributed by atoms with Crippen LogP contribution in [0.5, 0.6) is 0 Å². The molecule has 2 heteroatoms. The summed E-state index contributed by atoms with van der Waals surface area (Å²) in [5.41, 5.74) is 1.75. The molecule has 3 aromatic carbocycles. The van der Waals surface area contributed by atoms with Gasteiger partial charge in [0.25, 0.3) is 0 Å². The monoisotopic (exact) mass is 301 g/mol. The molecule has 4 aromatic rings. The first-order valence-corrected chi connectivity index (χ1v) is 7.76. The molecule has 0 N–H and O–H groups in total. The van der Waals surface area contributed by atoms with E-state index in [9.17, 15) is 0 Å². The van der Waals surface area contributed by atoms with Crippen molar-refractivity contribution in [2.75, 3.05) is 0 Å². The lowest BCUT2D eigenvalue weighted by molar-refractivity contribution is 0.347. The van der Waals surface area contributed by atoms with Crippen LogP contribution in [0.15, 0.2) is 79.1 Å². The first-order valence-electron chi connectivity index (χ1n) is 7.76. The van der Waals surface area contributed by atoms with Crippen molar-refractivity contribution in [3.05, 3.63) is 90.3 Å². The van der Waals surface area contributed by atoms with Gasteiger partial charge in [-0.2, -0.15) is 0 Å². The van der Waals surface area contributed by atoms with Crippen LogP contribution in [0.2, 0.25) is 0 Å². The Hall–Kier alpha value is -2.74. The second kappa shape index (κ2) is 5.81. The van der Waals surface area contributed by atoms with Gasteiger partial charge < -0.3 is 0 Å². The van der Waals surface area contributed by atoms with Gasteiger partial charge >= 0.3 is 0 Å². The van der Waals surface area contributed by atoms with Crippen LogP contribution in [0, 0.1) is 0 Å². The third kappa shape index (κ3) is 2.57. The summed E-state index contributed by atoms with van der Waals surface area (Å²) in [6.45, 7) is 0. The Labute approximate surface area is 134 Å². The Morgan fingerprint density at radius 1 is 0.783 bits per heavy atom. The highest BCUT2D eigenvalue weighted by Gasteiger charge is 2.17. The summed E-state index contributed by atoms with van der Waals surface area (Å²) in [5.74, 6) is 0. The number of halogens is 1. The average Bonchev–Trinajstić information content (AvgIpc) is 2.60. The lowest BCUT2D eigenvalue weighted by Crippen LogP contribution is -1.99. The highest BCUT2D eigenvalue weighted by Crippen LogP contribution is 2.36. The molecular weight excluding hydrogens is 285 g/mol. The molecule has 0 spiro atoms. The van der Waals surface area contributed by atoms with E-state index in [0.29, 0.717) is 6.42 Å². The SMILES string of the molecule is F[C@H](Cc1ccncc1)c1c2ccccc2cc2ccccc12. The van der Waals surface area contributed by atoms with Gasteiger partial charge in [-0.15, -0.1) is 0 Å². The highest BCUT2D eigenvalue weighted by molar-refractivity contribution is 6.02. The molecule has 0 radical (unpaired) electrons. The van der Waals surface area contributed by atoms with Crippen LogP contribution in [0.4, 0.5) is 4.39 Å². The van der Waals surface area contributed by atoms with E-state index in [1.807, 2.05) is 60.7 Å². The number of nitrogens with zero attached hydrogens (tertiary/aromatic N) is 1. The number of pyridine rings is 1. The second-order valence-electron chi connectivity index (χ2n) is 5.76. The summed E-state index contributed by atoms with van der Waals surface area (Å²) in [6.07, 6.45) is 2.74. The van der Waals surface area contributed by atoms with Crippen LogP contribution in [0.25, 0.3) is 21.5 Å². The van der Waals surface area contributed by atoms with Crippen molar-refractivity contribution in [2.45, 2.75) is 12.6 Å². The lowest BCUT2D eigenvalue weighted by atomic mass is 9.92. The normalized spacial score (nSPS) is 12.6. The zero-order valence-electron chi connectivity index (χ0n) is 12.6. The van der Waals surface area contributed by atoms with E-state index in [0.717, 1.165) is 32.7 Å².